The van der Waals surface area contributed by atoms with Crippen LogP contribution in [0, 0.1) is 13.8 Å². The molecule has 184 valence electrons. The number of hydrogen-bond donors (Lipinski definition) is 0. The van der Waals surface area contributed by atoms with Gasteiger partial charge in [-0.2, -0.15) is 0 Å². The van der Waals surface area contributed by atoms with E-state index in [1.807, 2.05) is 36.5 Å². The second-order valence-corrected chi connectivity index (χ2v) is 10.7. The standard InChI is InChI=1S/C31H30O3S2/c1-4-33-31(32)21-34-29-16-15-27(20-22(29)2)35-19-18-28(30-17-10-23(3)36-30)26-13-11-25(12-14-26)24-8-6-5-7-9-24/h5-18,20H,4,19,21H2,1-3H3/b28-18-. The van der Waals surface area contributed by atoms with Gasteiger partial charge in [-0.15, -0.1) is 23.1 Å². The fourth-order valence-electron chi connectivity index (χ4n) is 3.85. The summed E-state index contributed by atoms with van der Waals surface area (Å²) in [6.07, 6.45) is 2.31. The van der Waals surface area contributed by atoms with Crippen molar-refractivity contribution in [2.75, 3.05) is 19.0 Å². The Morgan fingerprint density at radius 1 is 0.917 bits per heavy atom. The molecule has 0 amide bonds. The predicted molar refractivity (Wildman–Crippen MR) is 152 cm³/mol. The summed E-state index contributed by atoms with van der Waals surface area (Å²) in [6.45, 7) is 6.21. The Morgan fingerprint density at radius 3 is 2.33 bits per heavy atom. The highest BCUT2D eigenvalue weighted by atomic mass is 32.2. The number of ether oxygens (including phenoxy) is 2. The zero-order valence-electron chi connectivity index (χ0n) is 20.8. The van der Waals surface area contributed by atoms with E-state index in [0.29, 0.717) is 12.4 Å². The molecule has 0 saturated carbocycles. The second kappa shape index (κ2) is 12.6. The molecule has 1 aromatic heterocycles. The molecule has 0 unspecified atom stereocenters. The SMILES string of the molecule is CCOC(=O)COc1ccc(SC/C=C(/c2ccc(-c3ccccc3)cc2)c2ccc(C)s2)cc1C. The Labute approximate surface area is 221 Å². The van der Waals surface area contributed by atoms with Crippen LogP contribution >= 0.6 is 23.1 Å². The third-order valence-corrected chi connectivity index (χ3v) is 7.60. The molecule has 0 bridgehead atoms. The van der Waals surface area contributed by atoms with E-state index in [0.717, 1.165) is 16.2 Å². The van der Waals surface area contributed by atoms with Crippen molar-refractivity contribution in [2.45, 2.75) is 25.7 Å². The number of carbonyl (C=O) groups is 1. The number of thiophene rings is 1. The van der Waals surface area contributed by atoms with Gasteiger partial charge in [-0.1, -0.05) is 60.7 Å². The van der Waals surface area contributed by atoms with Gasteiger partial charge in [-0.3, -0.25) is 0 Å². The molecule has 36 heavy (non-hydrogen) atoms. The molecule has 3 nitrogen and oxygen atoms in total. The van der Waals surface area contributed by atoms with Crippen molar-refractivity contribution >= 4 is 34.6 Å². The molecule has 0 N–H and O–H groups in total. The van der Waals surface area contributed by atoms with Gasteiger partial charge in [0, 0.05) is 20.4 Å². The maximum Gasteiger partial charge on any atom is 0.344 e. The lowest BCUT2D eigenvalue weighted by molar-refractivity contribution is -0.145. The minimum atomic E-state index is -0.353. The smallest absolute Gasteiger partial charge is 0.344 e. The average molecular weight is 515 g/mol. The largest absolute Gasteiger partial charge is 0.482 e. The lowest BCUT2D eigenvalue weighted by atomic mass is 9.99. The molecule has 0 aliphatic carbocycles. The summed E-state index contributed by atoms with van der Waals surface area (Å²) in [6, 6.07) is 29.7. The zero-order valence-corrected chi connectivity index (χ0v) is 22.5. The summed E-state index contributed by atoms with van der Waals surface area (Å²) in [5.74, 6) is 1.19. The summed E-state index contributed by atoms with van der Waals surface area (Å²) >= 11 is 3.60. The van der Waals surface area contributed by atoms with Gasteiger partial charge in [-0.25, -0.2) is 4.79 Å². The van der Waals surface area contributed by atoms with E-state index >= 15 is 0 Å². The molecule has 0 radical (unpaired) electrons. The van der Waals surface area contributed by atoms with Gasteiger partial charge in [0.2, 0.25) is 0 Å². The van der Waals surface area contributed by atoms with Gasteiger partial charge in [0.05, 0.1) is 6.61 Å². The molecule has 0 saturated heterocycles. The van der Waals surface area contributed by atoms with E-state index in [1.165, 1.54) is 32.0 Å². The van der Waals surface area contributed by atoms with Crippen LogP contribution in [0.3, 0.4) is 0 Å². The quantitative estimate of drug-likeness (QED) is 0.158. The van der Waals surface area contributed by atoms with Crippen molar-refractivity contribution in [3.63, 3.8) is 0 Å². The first-order valence-corrected chi connectivity index (χ1v) is 13.8. The van der Waals surface area contributed by atoms with Crippen LogP contribution < -0.4 is 4.74 Å². The fraction of sp³-hybridized carbons (Fsp3) is 0.194. The highest BCUT2D eigenvalue weighted by molar-refractivity contribution is 7.99. The topological polar surface area (TPSA) is 35.5 Å². The van der Waals surface area contributed by atoms with Crippen LogP contribution in [0.1, 0.15) is 27.8 Å². The van der Waals surface area contributed by atoms with Crippen molar-refractivity contribution in [3.05, 3.63) is 112 Å². The van der Waals surface area contributed by atoms with Crippen LogP contribution in [0.2, 0.25) is 0 Å². The maximum absolute atomic E-state index is 11.6. The van der Waals surface area contributed by atoms with Gasteiger partial charge in [0.1, 0.15) is 5.75 Å². The van der Waals surface area contributed by atoms with E-state index in [-0.39, 0.29) is 12.6 Å². The molecular weight excluding hydrogens is 484 g/mol. The molecule has 0 atom stereocenters. The van der Waals surface area contributed by atoms with Gasteiger partial charge in [-0.05, 0) is 78.9 Å². The number of rotatable bonds is 10. The predicted octanol–water partition coefficient (Wildman–Crippen LogP) is 8.20. The van der Waals surface area contributed by atoms with Crippen LogP contribution in [-0.2, 0) is 9.53 Å². The van der Waals surface area contributed by atoms with Crippen molar-refractivity contribution in [3.8, 4) is 16.9 Å². The van der Waals surface area contributed by atoms with E-state index in [4.69, 9.17) is 9.47 Å². The molecule has 4 aromatic rings. The fourth-order valence-corrected chi connectivity index (χ4v) is 5.64. The van der Waals surface area contributed by atoms with Crippen molar-refractivity contribution in [2.24, 2.45) is 0 Å². The Morgan fingerprint density at radius 2 is 1.67 bits per heavy atom. The first-order chi connectivity index (χ1) is 17.5. The van der Waals surface area contributed by atoms with Crippen LogP contribution in [0.15, 0.2) is 95.9 Å². The molecular formula is C31H30O3S2. The number of hydrogen-bond acceptors (Lipinski definition) is 5. The normalized spacial score (nSPS) is 11.4. The average Bonchev–Trinajstić information content (AvgIpc) is 3.33. The zero-order chi connectivity index (χ0) is 25.3. The van der Waals surface area contributed by atoms with E-state index in [2.05, 4.69) is 79.7 Å². The molecule has 0 aliphatic heterocycles. The van der Waals surface area contributed by atoms with E-state index in [1.54, 1.807) is 18.7 Å². The van der Waals surface area contributed by atoms with Crippen molar-refractivity contribution in [1.29, 1.82) is 0 Å². The van der Waals surface area contributed by atoms with Crippen LogP contribution in [0.5, 0.6) is 5.75 Å². The Bertz CT molecular complexity index is 1320. The minimum absolute atomic E-state index is 0.0729. The summed E-state index contributed by atoms with van der Waals surface area (Å²) in [5, 5.41) is 0. The lowest BCUT2D eigenvalue weighted by Crippen LogP contribution is -2.14. The van der Waals surface area contributed by atoms with Gasteiger partial charge in [0.15, 0.2) is 6.61 Å². The summed E-state index contributed by atoms with van der Waals surface area (Å²) in [5.41, 5.74) is 5.92. The minimum Gasteiger partial charge on any atom is -0.482 e. The summed E-state index contributed by atoms with van der Waals surface area (Å²) in [4.78, 5) is 15.3. The Kier molecular flexibility index (Phi) is 9.04. The molecule has 0 aliphatic rings. The maximum atomic E-state index is 11.6. The molecule has 0 spiro atoms. The second-order valence-electron chi connectivity index (χ2n) is 8.30. The Hall–Kier alpha value is -3.28. The van der Waals surface area contributed by atoms with Crippen molar-refractivity contribution in [1.82, 2.24) is 0 Å². The van der Waals surface area contributed by atoms with Crippen LogP contribution in [-0.4, -0.2) is 24.9 Å². The van der Waals surface area contributed by atoms with E-state index in [9.17, 15) is 4.79 Å². The number of carbonyl (C=O) groups excluding carboxylic acids is 1. The van der Waals surface area contributed by atoms with Gasteiger partial charge in [0.25, 0.3) is 0 Å². The van der Waals surface area contributed by atoms with Crippen LogP contribution in [0.25, 0.3) is 16.7 Å². The van der Waals surface area contributed by atoms with Crippen LogP contribution in [0.4, 0.5) is 0 Å². The third kappa shape index (κ3) is 6.90. The van der Waals surface area contributed by atoms with Gasteiger partial charge >= 0.3 is 5.97 Å². The number of thioether (sulfide) groups is 1. The first-order valence-electron chi connectivity index (χ1n) is 12.0. The highest BCUT2D eigenvalue weighted by Crippen LogP contribution is 2.33. The molecule has 1 heterocycles. The Balaban J connectivity index is 1.48. The molecule has 0 fully saturated rings. The van der Waals surface area contributed by atoms with E-state index < -0.39 is 0 Å². The highest BCUT2D eigenvalue weighted by Gasteiger charge is 2.10. The third-order valence-electron chi connectivity index (χ3n) is 5.64. The van der Waals surface area contributed by atoms with Crippen molar-refractivity contribution < 1.29 is 14.3 Å². The molecule has 3 aromatic carbocycles. The summed E-state index contributed by atoms with van der Waals surface area (Å²) < 4.78 is 10.5. The lowest BCUT2D eigenvalue weighted by Gasteiger charge is -2.11. The number of benzene rings is 3. The van der Waals surface area contributed by atoms with Gasteiger partial charge < -0.3 is 9.47 Å². The monoisotopic (exact) mass is 514 g/mol. The number of esters is 1. The molecule has 4 rings (SSSR count). The first kappa shape index (κ1) is 25.8. The summed E-state index contributed by atoms with van der Waals surface area (Å²) in [7, 11) is 0. The molecule has 5 heteroatoms. The number of aryl methyl sites for hydroxylation is 2.